The van der Waals surface area contributed by atoms with E-state index in [0.717, 1.165) is 21.9 Å². The molecule has 0 unspecified atom stereocenters. The predicted molar refractivity (Wildman–Crippen MR) is 150 cm³/mol. The van der Waals surface area contributed by atoms with Gasteiger partial charge in [-0.2, -0.15) is 21.9 Å². The number of hydrogen-bond donors (Lipinski definition) is 0. The molecule has 0 nitrogen and oxygen atoms in total. The van der Waals surface area contributed by atoms with Gasteiger partial charge in [0, 0.05) is 40.2 Å². The van der Waals surface area contributed by atoms with Crippen LogP contribution in [0.25, 0.3) is 0 Å². The highest BCUT2D eigenvalue weighted by Crippen LogP contribution is 2.25. The molecule has 0 bridgehead atoms. The van der Waals surface area contributed by atoms with E-state index in [4.69, 9.17) is 92.8 Å². The zero-order chi connectivity index (χ0) is 23.9. The van der Waals surface area contributed by atoms with E-state index in [1.54, 1.807) is 24.3 Å². The zero-order valence-corrected chi connectivity index (χ0v) is 22.6. The Hall–Kier alpha value is -0.735. The summed E-state index contributed by atoms with van der Waals surface area (Å²) in [5.41, 5.74) is 3.12. The van der Waals surface area contributed by atoms with Crippen LogP contribution in [0, 0.1) is 0 Å². The molecule has 0 spiro atoms. The van der Waals surface area contributed by atoms with Gasteiger partial charge < -0.3 is 0 Å². The smallest absolute Gasteiger partial charge is 0.108 e. The lowest BCUT2D eigenvalue weighted by Gasteiger charge is -2.45. The first kappa shape index (κ1) is 25.4. The van der Waals surface area contributed by atoms with E-state index >= 15 is 0 Å². The lowest BCUT2D eigenvalue weighted by atomic mass is 9.13. The Bertz CT molecular complexity index is 1080. The first-order chi connectivity index (χ1) is 15.6. The Balaban J connectivity index is 2.28. The van der Waals surface area contributed by atoms with Crippen molar-refractivity contribution in [2.24, 2.45) is 0 Å². The van der Waals surface area contributed by atoms with E-state index in [2.05, 4.69) is 0 Å². The summed E-state index contributed by atoms with van der Waals surface area (Å²) in [7, 11) is 0. The molecule has 33 heavy (non-hydrogen) atoms. The van der Waals surface area contributed by atoms with Crippen LogP contribution in [0.2, 0.25) is 40.2 Å². The molecule has 0 heterocycles. The standard InChI is InChI=1S/C24H12BCl8/c26-17-1-13(2-18(27)9-17)25(14-3-19(28)10-20(29)4-14,15-5-21(30)11-22(31)6-15)16-7-23(32)12-24(33)8-16/h1-12H/q-1. The Kier molecular flexibility index (Phi) is 7.76. The summed E-state index contributed by atoms with van der Waals surface area (Å²) >= 11 is 51.8. The zero-order valence-electron chi connectivity index (χ0n) is 16.5. The van der Waals surface area contributed by atoms with Gasteiger partial charge in [0.25, 0.3) is 0 Å². The van der Waals surface area contributed by atoms with Crippen LogP contribution in [0.4, 0.5) is 0 Å². The minimum atomic E-state index is -2.04. The molecule has 4 rings (SSSR count). The quantitative estimate of drug-likeness (QED) is 0.209. The Labute approximate surface area is 232 Å². The monoisotopic (exact) mass is 591 g/mol. The molecule has 0 atom stereocenters. The predicted octanol–water partition coefficient (Wildman–Crippen LogP) is 8.29. The van der Waals surface area contributed by atoms with Gasteiger partial charge in [-0.05, 0) is 24.3 Å². The second-order valence-electron chi connectivity index (χ2n) is 7.68. The lowest BCUT2D eigenvalue weighted by Crippen LogP contribution is -2.75. The van der Waals surface area contributed by atoms with Crippen molar-refractivity contribution >= 4 is 121 Å². The molecule has 0 saturated carbocycles. The molecular weight excluding hydrogens is 583 g/mol. The number of hydrogen-bond acceptors (Lipinski definition) is 0. The molecule has 0 aliphatic rings. The number of rotatable bonds is 4. The largest absolute Gasteiger partial charge is 0.192 e. The summed E-state index contributed by atoms with van der Waals surface area (Å²) < 4.78 is 0. The summed E-state index contributed by atoms with van der Waals surface area (Å²) in [5.74, 6) is 0. The Morgan fingerprint density at radius 3 is 0.576 bits per heavy atom. The molecule has 0 aliphatic heterocycles. The highest BCUT2D eigenvalue weighted by Gasteiger charge is 2.34. The van der Waals surface area contributed by atoms with Gasteiger partial charge in [0.2, 0.25) is 0 Å². The third-order valence-corrected chi connectivity index (χ3v) is 7.29. The van der Waals surface area contributed by atoms with Crippen LogP contribution in [0.15, 0.2) is 72.8 Å². The molecule has 168 valence electrons. The second kappa shape index (κ2) is 10.1. The summed E-state index contributed by atoms with van der Waals surface area (Å²) in [5, 5.41) is 3.65. The minimum Gasteiger partial charge on any atom is -0.192 e. The molecule has 0 fully saturated rings. The molecule has 0 aliphatic carbocycles. The van der Waals surface area contributed by atoms with Gasteiger partial charge >= 0.3 is 0 Å². The van der Waals surface area contributed by atoms with E-state index in [9.17, 15) is 0 Å². The highest BCUT2D eigenvalue weighted by atomic mass is 35.5. The van der Waals surface area contributed by atoms with Crippen LogP contribution in [0.1, 0.15) is 0 Å². The van der Waals surface area contributed by atoms with Crippen molar-refractivity contribution in [3.8, 4) is 0 Å². The third kappa shape index (κ3) is 5.27. The van der Waals surface area contributed by atoms with Crippen molar-refractivity contribution in [1.82, 2.24) is 0 Å². The van der Waals surface area contributed by atoms with Crippen LogP contribution in [-0.4, -0.2) is 6.15 Å². The fourth-order valence-electron chi connectivity index (χ4n) is 4.46. The third-order valence-electron chi connectivity index (χ3n) is 5.54. The fraction of sp³-hybridized carbons (Fsp3) is 0. The van der Waals surface area contributed by atoms with E-state index in [0.29, 0.717) is 40.2 Å². The Morgan fingerprint density at radius 2 is 0.424 bits per heavy atom. The van der Waals surface area contributed by atoms with E-state index in [1.807, 2.05) is 48.5 Å². The van der Waals surface area contributed by atoms with Crippen LogP contribution < -0.4 is 21.9 Å². The van der Waals surface area contributed by atoms with Crippen molar-refractivity contribution in [2.75, 3.05) is 0 Å². The van der Waals surface area contributed by atoms with Crippen molar-refractivity contribution < 1.29 is 0 Å². The molecule has 0 aromatic heterocycles. The molecule has 0 saturated heterocycles. The van der Waals surface area contributed by atoms with Gasteiger partial charge in [-0.3, -0.25) is 0 Å². The van der Waals surface area contributed by atoms with Gasteiger partial charge in [-0.1, -0.05) is 141 Å². The van der Waals surface area contributed by atoms with Gasteiger partial charge in [-0.25, -0.2) is 0 Å². The van der Waals surface area contributed by atoms with Gasteiger partial charge in [0.15, 0.2) is 0 Å². The fourth-order valence-corrected chi connectivity index (χ4v) is 6.63. The van der Waals surface area contributed by atoms with Crippen molar-refractivity contribution in [1.29, 1.82) is 0 Å². The number of halogens is 8. The average molecular weight is 595 g/mol. The maximum atomic E-state index is 6.48. The first-order valence-corrected chi connectivity index (χ1v) is 12.6. The summed E-state index contributed by atoms with van der Waals surface area (Å²) in [4.78, 5) is 0. The highest BCUT2D eigenvalue weighted by molar-refractivity contribution is 7.20. The second-order valence-corrected chi connectivity index (χ2v) is 11.2. The summed E-state index contributed by atoms with van der Waals surface area (Å²) in [6.07, 6.45) is -2.04. The maximum absolute atomic E-state index is 6.48. The van der Waals surface area contributed by atoms with Crippen LogP contribution in [-0.2, 0) is 0 Å². The summed E-state index contributed by atoms with van der Waals surface area (Å²) in [6, 6.07) is 21.4. The minimum absolute atomic E-state index is 0.457. The van der Waals surface area contributed by atoms with Crippen molar-refractivity contribution in [2.45, 2.75) is 0 Å². The van der Waals surface area contributed by atoms with Gasteiger partial charge in [0.1, 0.15) is 6.15 Å². The molecule has 0 N–H and O–H groups in total. The van der Waals surface area contributed by atoms with E-state index in [1.165, 1.54) is 0 Å². The molecule has 4 aromatic carbocycles. The average Bonchev–Trinajstić information content (AvgIpc) is 2.65. The molecule has 4 aromatic rings. The normalized spacial score (nSPS) is 11.6. The maximum Gasteiger partial charge on any atom is 0.108 e. The van der Waals surface area contributed by atoms with Gasteiger partial charge in [0.05, 0.1) is 0 Å². The summed E-state index contributed by atoms with van der Waals surface area (Å²) in [6.45, 7) is 0. The van der Waals surface area contributed by atoms with Crippen molar-refractivity contribution in [3.05, 3.63) is 113 Å². The lowest BCUT2D eigenvalue weighted by molar-refractivity contribution is 1.66. The molecule has 0 amide bonds. The topological polar surface area (TPSA) is 0 Å². The van der Waals surface area contributed by atoms with E-state index in [-0.39, 0.29) is 0 Å². The van der Waals surface area contributed by atoms with E-state index < -0.39 is 6.15 Å². The molecule has 0 radical (unpaired) electrons. The first-order valence-electron chi connectivity index (χ1n) is 9.59. The Morgan fingerprint density at radius 1 is 0.273 bits per heavy atom. The van der Waals surface area contributed by atoms with Crippen LogP contribution in [0.5, 0.6) is 0 Å². The van der Waals surface area contributed by atoms with Crippen LogP contribution >= 0.6 is 92.8 Å². The van der Waals surface area contributed by atoms with Crippen molar-refractivity contribution in [3.63, 3.8) is 0 Å². The number of benzene rings is 4. The molecular formula is C24H12BCl8-. The SMILES string of the molecule is Clc1cc(Cl)cc([B-](c2cc(Cl)cc(Cl)c2)(c2cc(Cl)cc(Cl)c2)c2cc(Cl)cc(Cl)c2)c1. The molecule has 9 heteroatoms. The van der Waals surface area contributed by atoms with Gasteiger partial charge in [-0.15, -0.1) is 0 Å². The van der Waals surface area contributed by atoms with Crippen LogP contribution in [0.3, 0.4) is 0 Å².